The van der Waals surface area contributed by atoms with E-state index in [1.54, 1.807) is 20.8 Å². The Morgan fingerprint density at radius 3 is 2.29 bits per heavy atom. The van der Waals surface area contributed by atoms with Gasteiger partial charge in [0.25, 0.3) is 0 Å². The molecule has 1 aliphatic heterocycles. The minimum Gasteiger partial charge on any atom is -0.480 e. The van der Waals surface area contributed by atoms with Crippen molar-refractivity contribution in [2.75, 3.05) is 19.6 Å². The highest BCUT2D eigenvalue weighted by atomic mass is 16.4. The molecule has 0 aromatic carbocycles. The minimum atomic E-state index is -1.06. The molecule has 1 atom stereocenters. The molecule has 1 saturated heterocycles. The summed E-state index contributed by atoms with van der Waals surface area (Å²) in [7, 11) is 0. The summed E-state index contributed by atoms with van der Waals surface area (Å²) in [5, 5.41) is 9.10. The van der Waals surface area contributed by atoms with E-state index in [9.17, 15) is 14.4 Å². The minimum absolute atomic E-state index is 0.225. The molecule has 1 N–H and O–H groups in total. The first-order chi connectivity index (χ1) is 7.90. The van der Waals surface area contributed by atoms with Gasteiger partial charge in [0.2, 0.25) is 0 Å². The molecule has 1 rings (SSSR count). The molecule has 0 radical (unpaired) electrons. The zero-order valence-corrected chi connectivity index (χ0v) is 10.3. The summed E-state index contributed by atoms with van der Waals surface area (Å²) in [5.74, 6) is -2.60. The van der Waals surface area contributed by atoms with Crippen molar-refractivity contribution in [3.8, 4) is 0 Å². The predicted octanol–water partition coefficient (Wildman–Crippen LogP) is -0.214. The maximum absolute atomic E-state index is 11.8. The van der Waals surface area contributed by atoms with E-state index in [0.717, 1.165) is 0 Å². The normalized spacial score (nSPS) is 18.8. The number of carbonyl (C=O) groups is 3. The Morgan fingerprint density at radius 2 is 1.88 bits per heavy atom. The van der Waals surface area contributed by atoms with Gasteiger partial charge in [-0.15, -0.1) is 0 Å². The van der Waals surface area contributed by atoms with E-state index in [2.05, 4.69) is 0 Å². The third-order valence-electron chi connectivity index (χ3n) is 2.94. The predicted molar refractivity (Wildman–Crippen MR) is 60.2 cm³/mol. The van der Waals surface area contributed by atoms with E-state index in [1.807, 2.05) is 0 Å². The summed E-state index contributed by atoms with van der Waals surface area (Å²) in [6, 6.07) is -0.926. The number of rotatable bonds is 4. The smallest absolute Gasteiger partial charge is 0.326 e. The van der Waals surface area contributed by atoms with Crippen LogP contribution < -0.4 is 0 Å². The largest absolute Gasteiger partial charge is 0.480 e. The van der Waals surface area contributed by atoms with Crippen molar-refractivity contribution < 1.29 is 19.5 Å². The maximum atomic E-state index is 11.8. The molecule has 1 aliphatic rings. The van der Waals surface area contributed by atoms with Crippen molar-refractivity contribution in [1.29, 1.82) is 0 Å². The van der Waals surface area contributed by atoms with Crippen LogP contribution in [0.15, 0.2) is 0 Å². The van der Waals surface area contributed by atoms with Crippen LogP contribution >= 0.6 is 0 Å². The van der Waals surface area contributed by atoms with Gasteiger partial charge in [-0.2, -0.15) is 0 Å². The summed E-state index contributed by atoms with van der Waals surface area (Å²) in [6.07, 6.45) is 0. The number of amides is 2. The fourth-order valence-corrected chi connectivity index (χ4v) is 2.04. The molecule has 0 bridgehead atoms. The van der Waals surface area contributed by atoms with Gasteiger partial charge in [-0.05, 0) is 12.8 Å². The monoisotopic (exact) mass is 242 g/mol. The highest BCUT2D eigenvalue weighted by Crippen LogP contribution is 2.15. The SMILES string of the molecule is CCN1CCN(C(C(=O)O)C(C)C)C(=O)C1=O. The van der Waals surface area contributed by atoms with Crippen molar-refractivity contribution >= 4 is 17.8 Å². The van der Waals surface area contributed by atoms with E-state index < -0.39 is 23.8 Å². The number of likely N-dealkylation sites (N-methyl/N-ethyl adjacent to an activating group) is 1. The van der Waals surface area contributed by atoms with Crippen molar-refractivity contribution in [2.24, 2.45) is 5.92 Å². The van der Waals surface area contributed by atoms with Gasteiger partial charge in [-0.1, -0.05) is 13.8 Å². The van der Waals surface area contributed by atoms with Crippen LogP contribution in [-0.2, 0) is 14.4 Å². The van der Waals surface area contributed by atoms with Crippen LogP contribution in [0.3, 0.4) is 0 Å². The Balaban J connectivity index is 2.89. The average Bonchev–Trinajstić information content (AvgIpc) is 2.24. The van der Waals surface area contributed by atoms with Crippen LogP contribution in [0.1, 0.15) is 20.8 Å². The lowest BCUT2D eigenvalue weighted by Gasteiger charge is -2.37. The number of carboxylic acid groups (broad SMARTS) is 1. The van der Waals surface area contributed by atoms with E-state index in [4.69, 9.17) is 5.11 Å². The van der Waals surface area contributed by atoms with Gasteiger partial charge in [-0.25, -0.2) is 4.79 Å². The van der Waals surface area contributed by atoms with Crippen LogP contribution in [0, 0.1) is 5.92 Å². The zero-order valence-electron chi connectivity index (χ0n) is 10.3. The van der Waals surface area contributed by atoms with Crippen molar-refractivity contribution in [3.63, 3.8) is 0 Å². The molecule has 0 aliphatic carbocycles. The second kappa shape index (κ2) is 5.16. The maximum Gasteiger partial charge on any atom is 0.326 e. The molecule has 2 amide bonds. The van der Waals surface area contributed by atoms with E-state index >= 15 is 0 Å². The van der Waals surface area contributed by atoms with Crippen LogP contribution in [0.2, 0.25) is 0 Å². The van der Waals surface area contributed by atoms with Crippen LogP contribution in [0.4, 0.5) is 0 Å². The number of hydrogen-bond donors (Lipinski definition) is 1. The molecule has 0 spiro atoms. The highest BCUT2D eigenvalue weighted by Gasteiger charge is 2.39. The van der Waals surface area contributed by atoms with Gasteiger partial charge in [0.15, 0.2) is 0 Å². The first-order valence-corrected chi connectivity index (χ1v) is 5.72. The van der Waals surface area contributed by atoms with E-state index in [1.165, 1.54) is 9.80 Å². The van der Waals surface area contributed by atoms with Crippen molar-refractivity contribution in [2.45, 2.75) is 26.8 Å². The van der Waals surface area contributed by atoms with Crippen molar-refractivity contribution in [1.82, 2.24) is 9.80 Å². The molecule has 1 heterocycles. The summed E-state index contributed by atoms with van der Waals surface area (Å²) in [5.41, 5.74) is 0. The number of hydrogen-bond acceptors (Lipinski definition) is 3. The molecule has 0 aromatic heterocycles. The molecule has 6 heteroatoms. The highest BCUT2D eigenvalue weighted by molar-refractivity contribution is 6.35. The van der Waals surface area contributed by atoms with Crippen LogP contribution in [-0.4, -0.2) is 58.4 Å². The molecule has 1 unspecified atom stereocenters. The van der Waals surface area contributed by atoms with Gasteiger partial charge in [-0.3, -0.25) is 9.59 Å². The number of aliphatic carboxylic acids is 1. The Labute approximate surface area is 100 Å². The molecule has 0 saturated carbocycles. The van der Waals surface area contributed by atoms with Crippen molar-refractivity contribution in [3.05, 3.63) is 0 Å². The summed E-state index contributed by atoms with van der Waals surface area (Å²) in [6.45, 7) is 6.40. The Morgan fingerprint density at radius 1 is 1.29 bits per heavy atom. The van der Waals surface area contributed by atoms with Gasteiger partial charge < -0.3 is 14.9 Å². The zero-order chi connectivity index (χ0) is 13.2. The molecule has 6 nitrogen and oxygen atoms in total. The fraction of sp³-hybridized carbons (Fsp3) is 0.727. The van der Waals surface area contributed by atoms with Gasteiger partial charge >= 0.3 is 17.8 Å². The number of piperazine rings is 1. The second-order valence-corrected chi connectivity index (χ2v) is 4.41. The molecule has 96 valence electrons. The standard InChI is InChI=1S/C11H18N2O4/c1-4-12-5-6-13(10(15)9(12)14)8(7(2)3)11(16)17/h7-8H,4-6H2,1-3H3,(H,16,17). The number of carboxylic acids is 1. The van der Waals surface area contributed by atoms with Gasteiger partial charge in [0.05, 0.1) is 0 Å². The molecule has 1 fully saturated rings. The molecule has 17 heavy (non-hydrogen) atoms. The summed E-state index contributed by atoms with van der Waals surface area (Å²) in [4.78, 5) is 37.2. The van der Waals surface area contributed by atoms with Gasteiger partial charge in [0.1, 0.15) is 6.04 Å². The number of carbonyl (C=O) groups excluding carboxylic acids is 2. The van der Waals surface area contributed by atoms with Gasteiger partial charge in [0, 0.05) is 19.6 Å². The topological polar surface area (TPSA) is 77.9 Å². The summed E-state index contributed by atoms with van der Waals surface area (Å²) >= 11 is 0. The molecular formula is C11H18N2O4. The third-order valence-corrected chi connectivity index (χ3v) is 2.94. The Hall–Kier alpha value is -1.59. The Bertz CT molecular complexity index is 340. The fourth-order valence-electron chi connectivity index (χ4n) is 2.04. The lowest BCUT2D eigenvalue weighted by atomic mass is 10.0. The van der Waals surface area contributed by atoms with Crippen LogP contribution in [0.25, 0.3) is 0 Å². The quantitative estimate of drug-likeness (QED) is 0.692. The van der Waals surface area contributed by atoms with Crippen LogP contribution in [0.5, 0.6) is 0 Å². The number of nitrogens with zero attached hydrogens (tertiary/aromatic N) is 2. The van der Waals surface area contributed by atoms with E-state index in [0.29, 0.717) is 13.1 Å². The third kappa shape index (κ3) is 2.57. The lowest BCUT2D eigenvalue weighted by Crippen LogP contribution is -2.60. The summed E-state index contributed by atoms with van der Waals surface area (Å²) < 4.78 is 0. The lowest BCUT2D eigenvalue weighted by molar-refractivity contribution is -0.163. The molecular weight excluding hydrogens is 224 g/mol. The first-order valence-electron chi connectivity index (χ1n) is 5.72. The van der Waals surface area contributed by atoms with E-state index in [-0.39, 0.29) is 12.5 Å². The average molecular weight is 242 g/mol. The Kier molecular flexibility index (Phi) is 4.09. The molecule has 0 aromatic rings. The second-order valence-electron chi connectivity index (χ2n) is 4.41. The first kappa shape index (κ1) is 13.5.